The van der Waals surface area contributed by atoms with Gasteiger partial charge in [-0.3, -0.25) is 0 Å². The fraction of sp³-hybridized carbons (Fsp3) is 0.200. The quantitative estimate of drug-likeness (QED) is 0.774. The molecule has 0 atom stereocenters. The van der Waals surface area contributed by atoms with Gasteiger partial charge in [-0.2, -0.15) is 0 Å². The number of nitrogens with zero attached hydrogens (tertiary/aromatic N) is 4. The lowest BCUT2D eigenvalue weighted by atomic mass is 10.2. The molecule has 21 heavy (non-hydrogen) atoms. The summed E-state index contributed by atoms with van der Waals surface area (Å²) < 4.78 is 5.62. The molecule has 3 aromatic rings. The first-order valence-electron chi connectivity index (χ1n) is 6.71. The number of benzene rings is 1. The second-order valence-electron chi connectivity index (χ2n) is 4.63. The van der Waals surface area contributed by atoms with Crippen molar-refractivity contribution >= 4 is 5.95 Å². The second-order valence-corrected chi connectivity index (χ2v) is 4.63. The van der Waals surface area contributed by atoms with E-state index in [-0.39, 0.29) is 0 Å². The number of nitrogens with one attached hydrogen (secondary N) is 1. The summed E-state index contributed by atoms with van der Waals surface area (Å²) in [6.07, 6.45) is 4.17. The Labute approximate surface area is 122 Å². The summed E-state index contributed by atoms with van der Waals surface area (Å²) in [4.78, 5) is 8.35. The standard InChI is InChI=1S/C15H15N5O/c1-11-9-17-15(18-10-11)16-8-7-13-19-20-14(21-13)12-5-3-2-4-6-12/h2-6,9-10H,7-8H2,1H3,(H,16,17,18). The molecule has 0 aliphatic heterocycles. The Balaban J connectivity index is 1.57. The second kappa shape index (κ2) is 6.13. The van der Waals surface area contributed by atoms with Crippen molar-refractivity contribution in [2.75, 3.05) is 11.9 Å². The molecular weight excluding hydrogens is 266 g/mol. The number of anilines is 1. The molecule has 0 saturated carbocycles. The van der Waals surface area contributed by atoms with Gasteiger partial charge in [-0.15, -0.1) is 10.2 Å². The van der Waals surface area contributed by atoms with E-state index in [0.717, 1.165) is 11.1 Å². The molecule has 0 radical (unpaired) electrons. The maximum absolute atomic E-state index is 5.62. The number of hydrogen-bond acceptors (Lipinski definition) is 6. The SMILES string of the molecule is Cc1cnc(NCCc2nnc(-c3ccccc3)o2)nc1. The molecule has 1 aromatic carbocycles. The Bertz CT molecular complexity index is 694. The van der Waals surface area contributed by atoms with Crippen molar-refractivity contribution in [1.29, 1.82) is 0 Å². The highest BCUT2D eigenvalue weighted by Gasteiger charge is 2.07. The molecule has 0 amide bonds. The van der Waals surface area contributed by atoms with Gasteiger partial charge in [0.25, 0.3) is 0 Å². The van der Waals surface area contributed by atoms with Gasteiger partial charge in [0, 0.05) is 30.9 Å². The summed E-state index contributed by atoms with van der Waals surface area (Å²) in [5, 5.41) is 11.2. The van der Waals surface area contributed by atoms with Gasteiger partial charge in [0.05, 0.1) is 0 Å². The lowest BCUT2D eigenvalue weighted by Gasteiger charge is -2.02. The van der Waals surface area contributed by atoms with E-state index < -0.39 is 0 Å². The molecule has 0 aliphatic carbocycles. The van der Waals surface area contributed by atoms with Crippen molar-refractivity contribution in [3.63, 3.8) is 0 Å². The van der Waals surface area contributed by atoms with Crippen LogP contribution >= 0.6 is 0 Å². The molecule has 0 spiro atoms. The molecule has 3 rings (SSSR count). The van der Waals surface area contributed by atoms with Crippen LogP contribution in [-0.4, -0.2) is 26.7 Å². The van der Waals surface area contributed by atoms with E-state index in [9.17, 15) is 0 Å². The minimum absolute atomic E-state index is 0.539. The molecule has 6 heteroatoms. The van der Waals surface area contributed by atoms with Crippen LogP contribution in [0.3, 0.4) is 0 Å². The van der Waals surface area contributed by atoms with E-state index in [2.05, 4.69) is 25.5 Å². The predicted octanol–water partition coefficient (Wildman–Crippen LogP) is 2.49. The van der Waals surface area contributed by atoms with Crippen molar-refractivity contribution in [2.45, 2.75) is 13.3 Å². The first kappa shape index (κ1) is 13.2. The smallest absolute Gasteiger partial charge is 0.247 e. The van der Waals surface area contributed by atoms with Crippen LogP contribution in [0.25, 0.3) is 11.5 Å². The monoisotopic (exact) mass is 281 g/mol. The molecule has 2 heterocycles. The molecule has 0 bridgehead atoms. The zero-order valence-electron chi connectivity index (χ0n) is 11.7. The third-order valence-corrected chi connectivity index (χ3v) is 2.89. The van der Waals surface area contributed by atoms with Crippen LogP contribution in [0.4, 0.5) is 5.95 Å². The third-order valence-electron chi connectivity index (χ3n) is 2.89. The van der Waals surface area contributed by atoms with Crippen molar-refractivity contribution in [2.24, 2.45) is 0 Å². The average molecular weight is 281 g/mol. The van der Waals surface area contributed by atoms with Gasteiger partial charge in [-0.05, 0) is 24.6 Å². The first-order valence-corrected chi connectivity index (χ1v) is 6.71. The average Bonchev–Trinajstić information content (AvgIpc) is 2.99. The van der Waals surface area contributed by atoms with Gasteiger partial charge < -0.3 is 9.73 Å². The number of rotatable bonds is 5. The van der Waals surface area contributed by atoms with E-state index in [1.807, 2.05) is 37.3 Å². The van der Waals surface area contributed by atoms with Gasteiger partial charge in [-0.1, -0.05) is 18.2 Å². The Morgan fingerprint density at radius 3 is 2.57 bits per heavy atom. The lowest BCUT2D eigenvalue weighted by Crippen LogP contribution is -2.08. The third kappa shape index (κ3) is 3.42. The predicted molar refractivity (Wildman–Crippen MR) is 78.7 cm³/mol. The Morgan fingerprint density at radius 1 is 1.05 bits per heavy atom. The van der Waals surface area contributed by atoms with E-state index in [1.54, 1.807) is 12.4 Å². The van der Waals surface area contributed by atoms with Gasteiger partial charge in [0.15, 0.2) is 0 Å². The highest BCUT2D eigenvalue weighted by atomic mass is 16.4. The van der Waals surface area contributed by atoms with E-state index in [0.29, 0.717) is 30.7 Å². The molecule has 106 valence electrons. The Morgan fingerprint density at radius 2 is 1.81 bits per heavy atom. The normalized spacial score (nSPS) is 10.5. The fourth-order valence-electron chi connectivity index (χ4n) is 1.82. The van der Waals surface area contributed by atoms with Crippen LogP contribution in [0.5, 0.6) is 0 Å². The van der Waals surface area contributed by atoms with Gasteiger partial charge >= 0.3 is 0 Å². The molecule has 1 N–H and O–H groups in total. The van der Waals surface area contributed by atoms with Crippen molar-refractivity contribution in [3.8, 4) is 11.5 Å². The highest BCUT2D eigenvalue weighted by Crippen LogP contribution is 2.16. The topological polar surface area (TPSA) is 76.7 Å². The zero-order chi connectivity index (χ0) is 14.5. The Hall–Kier alpha value is -2.76. The van der Waals surface area contributed by atoms with Crippen LogP contribution in [0.1, 0.15) is 11.5 Å². The molecule has 0 unspecified atom stereocenters. The minimum atomic E-state index is 0.539. The largest absolute Gasteiger partial charge is 0.421 e. The van der Waals surface area contributed by atoms with Crippen LogP contribution in [-0.2, 0) is 6.42 Å². The number of aromatic nitrogens is 4. The summed E-state index contributed by atoms with van der Waals surface area (Å²) in [5.74, 6) is 1.73. The highest BCUT2D eigenvalue weighted by molar-refractivity contribution is 5.51. The summed E-state index contributed by atoms with van der Waals surface area (Å²) in [7, 11) is 0. The molecule has 2 aromatic heterocycles. The lowest BCUT2D eigenvalue weighted by molar-refractivity contribution is 0.509. The summed E-state index contributed by atoms with van der Waals surface area (Å²) in [6.45, 7) is 2.59. The number of aryl methyl sites for hydroxylation is 1. The van der Waals surface area contributed by atoms with E-state index in [1.165, 1.54) is 0 Å². The molecular formula is C15H15N5O. The summed E-state index contributed by atoms with van der Waals surface area (Å²) >= 11 is 0. The van der Waals surface area contributed by atoms with Gasteiger partial charge in [0.1, 0.15) is 0 Å². The van der Waals surface area contributed by atoms with E-state index in [4.69, 9.17) is 4.42 Å². The van der Waals surface area contributed by atoms with E-state index >= 15 is 0 Å². The molecule has 0 aliphatic rings. The number of hydrogen-bond donors (Lipinski definition) is 1. The van der Waals surface area contributed by atoms with Crippen LogP contribution in [0.2, 0.25) is 0 Å². The van der Waals surface area contributed by atoms with Crippen LogP contribution in [0, 0.1) is 6.92 Å². The van der Waals surface area contributed by atoms with Crippen LogP contribution in [0.15, 0.2) is 47.1 Å². The molecule has 0 saturated heterocycles. The first-order chi connectivity index (χ1) is 10.3. The maximum Gasteiger partial charge on any atom is 0.247 e. The minimum Gasteiger partial charge on any atom is -0.421 e. The fourth-order valence-corrected chi connectivity index (χ4v) is 1.82. The zero-order valence-corrected chi connectivity index (χ0v) is 11.7. The van der Waals surface area contributed by atoms with Gasteiger partial charge in [0.2, 0.25) is 17.7 Å². The van der Waals surface area contributed by atoms with Gasteiger partial charge in [-0.25, -0.2) is 9.97 Å². The van der Waals surface area contributed by atoms with Crippen molar-refractivity contribution < 1.29 is 4.42 Å². The van der Waals surface area contributed by atoms with Crippen molar-refractivity contribution in [1.82, 2.24) is 20.2 Å². The summed E-state index contributed by atoms with van der Waals surface area (Å²) in [6, 6.07) is 9.71. The molecule has 0 fully saturated rings. The molecule has 6 nitrogen and oxygen atoms in total. The maximum atomic E-state index is 5.62. The Kier molecular flexibility index (Phi) is 3.86. The summed E-state index contributed by atoms with van der Waals surface area (Å²) in [5.41, 5.74) is 1.95. The van der Waals surface area contributed by atoms with Crippen LogP contribution < -0.4 is 5.32 Å². The van der Waals surface area contributed by atoms with Crippen molar-refractivity contribution in [3.05, 3.63) is 54.2 Å².